The molecule has 9 heteroatoms. The highest BCUT2D eigenvalue weighted by atomic mass is 32.2. The monoisotopic (exact) mass is 447 g/mol. The lowest BCUT2D eigenvalue weighted by Crippen LogP contribution is -2.48. The molecule has 2 aromatic rings. The molecule has 4 rings (SSSR count). The van der Waals surface area contributed by atoms with Crippen molar-refractivity contribution in [2.75, 3.05) is 13.1 Å². The molecule has 1 amide bonds. The zero-order chi connectivity index (χ0) is 21.8. The van der Waals surface area contributed by atoms with E-state index in [0.29, 0.717) is 30.8 Å². The Hall–Kier alpha value is -2.39. The maximum Gasteiger partial charge on any atom is 0.248 e. The largest absolute Gasteiger partial charge is 0.465 e. The van der Waals surface area contributed by atoms with Crippen molar-refractivity contribution in [3.63, 3.8) is 0 Å². The molecule has 1 aliphatic heterocycles. The molecule has 1 aliphatic carbocycles. The van der Waals surface area contributed by atoms with E-state index in [0.717, 1.165) is 25.7 Å². The van der Waals surface area contributed by atoms with Crippen LogP contribution < -0.4 is 5.32 Å². The van der Waals surface area contributed by atoms with Crippen molar-refractivity contribution in [1.29, 1.82) is 0 Å². The van der Waals surface area contributed by atoms with Gasteiger partial charge in [-0.25, -0.2) is 8.42 Å². The van der Waals surface area contributed by atoms with E-state index in [2.05, 4.69) is 10.5 Å². The molecule has 0 spiro atoms. The van der Waals surface area contributed by atoms with Crippen molar-refractivity contribution >= 4 is 28.1 Å². The summed E-state index contributed by atoms with van der Waals surface area (Å²) in [6, 6.07) is 3.72. The Labute approximate surface area is 182 Å². The summed E-state index contributed by atoms with van der Waals surface area (Å²) in [5.41, 5.74) is 0.299. The predicted octanol–water partition coefficient (Wildman–Crippen LogP) is 3.60. The highest BCUT2D eigenvalue weighted by Crippen LogP contribution is 2.29. The Morgan fingerprint density at radius 1 is 1.19 bits per heavy atom. The fraction of sp³-hybridized carbons (Fsp3) is 0.545. The van der Waals surface area contributed by atoms with E-state index in [-0.39, 0.29) is 35.1 Å². The van der Waals surface area contributed by atoms with Crippen molar-refractivity contribution in [3.8, 4) is 0 Å². The molecule has 3 heterocycles. The molecule has 1 unspecified atom stereocenters. The SMILES string of the molecule is Cc1noc(/C=C/c2ccco2)c1S(=O)(=O)N1CCCC(C(=O)NC2CCCCC2)C1. The average Bonchev–Trinajstić information content (AvgIpc) is 3.42. The molecule has 2 aliphatic rings. The molecule has 31 heavy (non-hydrogen) atoms. The maximum atomic E-state index is 13.4. The fourth-order valence-corrected chi connectivity index (χ4v) is 6.19. The normalized spacial score (nSPS) is 21.5. The highest BCUT2D eigenvalue weighted by Gasteiger charge is 2.37. The Morgan fingerprint density at radius 3 is 2.74 bits per heavy atom. The van der Waals surface area contributed by atoms with Crippen LogP contribution in [0.2, 0.25) is 0 Å². The van der Waals surface area contributed by atoms with E-state index in [4.69, 9.17) is 8.94 Å². The first kappa shape index (κ1) is 21.8. The third-order valence-corrected chi connectivity index (χ3v) is 8.10. The Kier molecular flexibility index (Phi) is 6.62. The van der Waals surface area contributed by atoms with Gasteiger partial charge in [-0.15, -0.1) is 0 Å². The van der Waals surface area contributed by atoms with Gasteiger partial charge in [0, 0.05) is 19.1 Å². The third-order valence-electron chi connectivity index (χ3n) is 6.08. The standard InChI is InChI=1S/C22H29N3O5S/c1-16-21(20(30-24-16)12-11-19-10-6-14-29-19)31(27,28)25-13-5-7-17(15-25)22(26)23-18-8-3-2-4-9-18/h6,10-12,14,17-18H,2-5,7-9,13,15H2,1H3,(H,23,26)/b12-11+. The number of furan rings is 1. The summed E-state index contributed by atoms with van der Waals surface area (Å²) in [6.45, 7) is 2.16. The van der Waals surface area contributed by atoms with Crippen LogP contribution in [0.3, 0.4) is 0 Å². The van der Waals surface area contributed by atoms with E-state index in [9.17, 15) is 13.2 Å². The van der Waals surface area contributed by atoms with Crippen molar-refractivity contribution in [1.82, 2.24) is 14.8 Å². The van der Waals surface area contributed by atoms with Crippen LogP contribution in [0.4, 0.5) is 0 Å². The summed E-state index contributed by atoms with van der Waals surface area (Å²) in [4.78, 5) is 12.9. The lowest BCUT2D eigenvalue weighted by atomic mass is 9.93. The van der Waals surface area contributed by atoms with Gasteiger partial charge >= 0.3 is 0 Å². The fourth-order valence-electron chi connectivity index (χ4n) is 4.41. The molecule has 8 nitrogen and oxygen atoms in total. The molecule has 2 aromatic heterocycles. The average molecular weight is 448 g/mol. The van der Waals surface area contributed by atoms with Crippen LogP contribution in [0, 0.1) is 12.8 Å². The van der Waals surface area contributed by atoms with Gasteiger partial charge in [-0.1, -0.05) is 24.4 Å². The molecule has 0 aromatic carbocycles. The van der Waals surface area contributed by atoms with Crippen LogP contribution >= 0.6 is 0 Å². The first-order valence-corrected chi connectivity index (χ1v) is 12.4. The van der Waals surface area contributed by atoms with Crippen LogP contribution in [0.5, 0.6) is 0 Å². The van der Waals surface area contributed by atoms with Crippen molar-refractivity contribution in [2.24, 2.45) is 5.92 Å². The maximum absolute atomic E-state index is 13.4. The summed E-state index contributed by atoms with van der Waals surface area (Å²) in [7, 11) is -3.86. The predicted molar refractivity (Wildman–Crippen MR) is 115 cm³/mol. The molecule has 0 radical (unpaired) electrons. The van der Waals surface area contributed by atoms with Crippen molar-refractivity contribution < 1.29 is 22.2 Å². The van der Waals surface area contributed by atoms with E-state index >= 15 is 0 Å². The second kappa shape index (κ2) is 9.40. The number of nitrogens with zero attached hydrogens (tertiary/aromatic N) is 2. The molecule has 1 saturated heterocycles. The van der Waals surface area contributed by atoms with E-state index in [1.54, 1.807) is 31.2 Å². The molecule has 1 saturated carbocycles. The molecular weight excluding hydrogens is 418 g/mol. The molecule has 1 N–H and O–H groups in total. The number of sulfonamides is 1. The topological polar surface area (TPSA) is 106 Å². The van der Waals surface area contributed by atoms with Crippen LogP contribution in [-0.2, 0) is 14.8 Å². The minimum atomic E-state index is -3.86. The van der Waals surface area contributed by atoms with Crippen LogP contribution in [0.15, 0.2) is 32.2 Å². The van der Waals surface area contributed by atoms with E-state index in [1.165, 1.54) is 17.0 Å². The second-order valence-electron chi connectivity index (χ2n) is 8.36. The van der Waals surface area contributed by atoms with Gasteiger partial charge in [-0.2, -0.15) is 4.31 Å². The lowest BCUT2D eigenvalue weighted by Gasteiger charge is -2.32. The van der Waals surface area contributed by atoms with Crippen LogP contribution in [0.25, 0.3) is 12.2 Å². The van der Waals surface area contributed by atoms with Crippen LogP contribution in [-0.4, -0.2) is 42.9 Å². The zero-order valence-corrected chi connectivity index (χ0v) is 18.6. The highest BCUT2D eigenvalue weighted by molar-refractivity contribution is 7.89. The summed E-state index contributed by atoms with van der Waals surface area (Å²) < 4.78 is 38.8. The zero-order valence-electron chi connectivity index (χ0n) is 17.7. The molecule has 1 atom stereocenters. The number of hydrogen-bond acceptors (Lipinski definition) is 6. The van der Waals surface area contributed by atoms with Crippen molar-refractivity contribution in [2.45, 2.75) is 62.8 Å². The number of hydrogen-bond donors (Lipinski definition) is 1. The Bertz CT molecular complexity index is 1020. The Balaban J connectivity index is 1.49. The quantitative estimate of drug-likeness (QED) is 0.725. The van der Waals surface area contributed by atoms with Gasteiger partial charge in [-0.05, 0) is 56.9 Å². The number of aromatic nitrogens is 1. The van der Waals surface area contributed by atoms with Gasteiger partial charge < -0.3 is 14.3 Å². The Morgan fingerprint density at radius 2 is 2.00 bits per heavy atom. The van der Waals surface area contributed by atoms with Gasteiger partial charge in [0.15, 0.2) is 10.7 Å². The van der Waals surface area contributed by atoms with Gasteiger partial charge in [0.25, 0.3) is 0 Å². The summed E-state index contributed by atoms with van der Waals surface area (Å²) in [6.07, 6.45) is 11.6. The minimum Gasteiger partial charge on any atom is -0.465 e. The summed E-state index contributed by atoms with van der Waals surface area (Å²) in [5.74, 6) is 0.358. The third kappa shape index (κ3) is 4.93. The first-order valence-electron chi connectivity index (χ1n) is 10.9. The van der Waals surface area contributed by atoms with E-state index < -0.39 is 10.0 Å². The number of carbonyl (C=O) groups is 1. The number of aryl methyl sites for hydroxylation is 1. The van der Waals surface area contributed by atoms with Gasteiger partial charge in [0.05, 0.1) is 12.2 Å². The van der Waals surface area contributed by atoms with Gasteiger partial charge in [0.2, 0.25) is 15.9 Å². The minimum absolute atomic E-state index is 0.0354. The molecule has 0 bridgehead atoms. The number of nitrogens with one attached hydrogen (secondary N) is 1. The van der Waals surface area contributed by atoms with Gasteiger partial charge in [-0.3, -0.25) is 4.79 Å². The smallest absolute Gasteiger partial charge is 0.248 e. The number of piperidine rings is 1. The number of amides is 1. The lowest BCUT2D eigenvalue weighted by molar-refractivity contribution is -0.127. The first-order chi connectivity index (χ1) is 14.9. The second-order valence-corrected chi connectivity index (χ2v) is 10.2. The summed E-state index contributed by atoms with van der Waals surface area (Å²) in [5, 5.41) is 7.01. The summed E-state index contributed by atoms with van der Waals surface area (Å²) >= 11 is 0. The van der Waals surface area contributed by atoms with Gasteiger partial charge in [0.1, 0.15) is 11.5 Å². The molecule has 2 fully saturated rings. The van der Waals surface area contributed by atoms with Crippen molar-refractivity contribution in [3.05, 3.63) is 35.6 Å². The number of rotatable bonds is 6. The molecule has 168 valence electrons. The molecular formula is C22H29N3O5S. The van der Waals surface area contributed by atoms with Crippen LogP contribution in [0.1, 0.15) is 62.2 Å². The van der Waals surface area contributed by atoms with E-state index in [1.807, 2.05) is 0 Å². The number of carbonyl (C=O) groups excluding carboxylic acids is 1.